The predicted octanol–water partition coefficient (Wildman–Crippen LogP) is 1.23. The molecule has 0 saturated carbocycles. The molecule has 0 saturated heterocycles. The maximum Gasteiger partial charge on any atom is 0.272 e. The van der Waals surface area contributed by atoms with Gasteiger partial charge in [0.05, 0.1) is 0 Å². The molecule has 1 amide bonds. The van der Waals surface area contributed by atoms with Crippen LogP contribution in [-0.2, 0) is 0 Å². The van der Waals surface area contributed by atoms with Gasteiger partial charge < -0.3 is 15.2 Å². The van der Waals surface area contributed by atoms with E-state index in [0.29, 0.717) is 6.42 Å². The normalized spacial score (nSPS) is 12.3. The molecule has 0 aliphatic rings. The summed E-state index contributed by atoms with van der Waals surface area (Å²) < 4.78 is 28.7. The number of halogens is 2. The fourth-order valence-electron chi connectivity index (χ4n) is 1.33. The lowest BCUT2D eigenvalue weighted by Gasteiger charge is -2.12. The van der Waals surface area contributed by atoms with Crippen LogP contribution in [0, 0.1) is 0 Å². The highest BCUT2D eigenvalue weighted by Gasteiger charge is 2.12. The monoisotopic (exact) mass is 274 g/mol. The van der Waals surface area contributed by atoms with Crippen LogP contribution in [0.3, 0.4) is 0 Å². The van der Waals surface area contributed by atoms with Crippen molar-refractivity contribution in [3.63, 3.8) is 0 Å². The Hall–Kier alpha value is -1.76. The third-order valence-electron chi connectivity index (χ3n) is 2.25. The van der Waals surface area contributed by atoms with E-state index in [1.165, 1.54) is 18.2 Å². The summed E-state index contributed by atoms with van der Waals surface area (Å²) in [6.45, 7) is 0.941. The van der Waals surface area contributed by atoms with E-state index in [-0.39, 0.29) is 24.2 Å². The lowest BCUT2D eigenvalue weighted by Crippen LogP contribution is -2.33. The molecule has 0 aromatic carbocycles. The maximum absolute atomic E-state index is 12.0. The van der Waals surface area contributed by atoms with Crippen LogP contribution in [-0.4, -0.2) is 41.7 Å². The predicted molar refractivity (Wildman–Crippen MR) is 64.4 cm³/mol. The molecule has 0 bridgehead atoms. The molecule has 1 heterocycles. The van der Waals surface area contributed by atoms with Gasteiger partial charge in [-0.2, -0.15) is 0 Å². The number of aliphatic hydroxyl groups is 1. The Morgan fingerprint density at radius 1 is 1.53 bits per heavy atom. The van der Waals surface area contributed by atoms with Crippen LogP contribution in [0.4, 0.5) is 8.78 Å². The van der Waals surface area contributed by atoms with Gasteiger partial charge in [-0.1, -0.05) is 6.07 Å². The van der Waals surface area contributed by atoms with Crippen molar-refractivity contribution >= 4 is 5.91 Å². The molecule has 5 nitrogen and oxygen atoms in total. The molecule has 0 spiro atoms. The van der Waals surface area contributed by atoms with E-state index in [2.05, 4.69) is 10.3 Å². The van der Waals surface area contributed by atoms with E-state index in [1.807, 2.05) is 0 Å². The number of nitrogens with one attached hydrogen (secondary N) is 1. The van der Waals surface area contributed by atoms with Crippen molar-refractivity contribution in [2.45, 2.75) is 25.8 Å². The van der Waals surface area contributed by atoms with Gasteiger partial charge in [0.25, 0.3) is 12.3 Å². The number of nitrogens with zero attached hydrogens (tertiary/aromatic N) is 1. The van der Waals surface area contributed by atoms with Crippen LogP contribution in [0.25, 0.3) is 0 Å². The Balaban J connectivity index is 2.62. The first-order valence-electron chi connectivity index (χ1n) is 5.82. The molecule has 106 valence electrons. The lowest BCUT2D eigenvalue weighted by molar-refractivity contribution is 0.0792. The molecule has 0 fully saturated rings. The topological polar surface area (TPSA) is 71.5 Å². The van der Waals surface area contributed by atoms with Crippen LogP contribution < -0.4 is 10.1 Å². The van der Waals surface area contributed by atoms with Crippen LogP contribution in [0.2, 0.25) is 0 Å². The first kappa shape index (κ1) is 15.3. The number of aromatic nitrogens is 1. The number of hydrogen-bond acceptors (Lipinski definition) is 4. The molecule has 1 atom stereocenters. The summed E-state index contributed by atoms with van der Waals surface area (Å²) >= 11 is 0. The number of rotatable bonds is 7. The zero-order valence-corrected chi connectivity index (χ0v) is 10.5. The maximum atomic E-state index is 12.0. The third-order valence-corrected chi connectivity index (χ3v) is 2.25. The summed E-state index contributed by atoms with van der Waals surface area (Å²) in [7, 11) is 0. The van der Waals surface area contributed by atoms with Gasteiger partial charge in [0.2, 0.25) is 5.88 Å². The molecule has 19 heavy (non-hydrogen) atoms. The third kappa shape index (κ3) is 5.60. The highest BCUT2D eigenvalue weighted by Crippen LogP contribution is 2.09. The quantitative estimate of drug-likeness (QED) is 0.784. The number of alkyl halides is 2. The second-order valence-electron chi connectivity index (χ2n) is 3.95. The molecule has 0 aliphatic heterocycles. The Morgan fingerprint density at radius 2 is 2.26 bits per heavy atom. The van der Waals surface area contributed by atoms with Gasteiger partial charge in [0.15, 0.2) is 6.61 Å². The summed E-state index contributed by atoms with van der Waals surface area (Å²) in [4.78, 5) is 15.6. The Labute approximate surface area is 109 Å². The van der Waals surface area contributed by atoms with Crippen molar-refractivity contribution in [3.8, 4) is 5.88 Å². The van der Waals surface area contributed by atoms with E-state index < -0.39 is 18.9 Å². The second kappa shape index (κ2) is 7.63. The van der Waals surface area contributed by atoms with Crippen LogP contribution >= 0.6 is 0 Å². The number of carbonyl (C=O) groups excluding carboxylic acids is 1. The number of carbonyl (C=O) groups is 1. The van der Waals surface area contributed by atoms with Crippen molar-refractivity contribution < 1.29 is 23.4 Å². The second-order valence-corrected chi connectivity index (χ2v) is 3.95. The first-order chi connectivity index (χ1) is 9.02. The van der Waals surface area contributed by atoms with Crippen LogP contribution in [0.1, 0.15) is 23.8 Å². The van der Waals surface area contributed by atoms with Gasteiger partial charge in [-0.25, -0.2) is 13.8 Å². The number of ether oxygens (including phenoxy) is 1. The molecule has 0 radical (unpaired) electrons. The standard InChI is InChI=1S/C12H16F2N2O3/c1-8(5-6-17)15-12(18)9-3-2-4-11(16-9)19-7-10(13)14/h2-4,8,10,17H,5-7H2,1H3,(H,15,18). The minimum Gasteiger partial charge on any atom is -0.472 e. The molecular formula is C12H16F2N2O3. The van der Waals surface area contributed by atoms with Crippen LogP contribution in [0.5, 0.6) is 5.88 Å². The van der Waals surface area contributed by atoms with Gasteiger partial charge in [0.1, 0.15) is 5.69 Å². The van der Waals surface area contributed by atoms with Gasteiger partial charge in [0, 0.05) is 18.7 Å². The van der Waals surface area contributed by atoms with E-state index in [1.54, 1.807) is 6.92 Å². The molecule has 1 aromatic rings. The fourth-order valence-corrected chi connectivity index (χ4v) is 1.33. The van der Waals surface area contributed by atoms with Gasteiger partial charge >= 0.3 is 0 Å². The van der Waals surface area contributed by atoms with E-state index >= 15 is 0 Å². The summed E-state index contributed by atoms with van der Waals surface area (Å²) in [5.74, 6) is -0.466. The first-order valence-corrected chi connectivity index (χ1v) is 5.82. The number of hydrogen-bond donors (Lipinski definition) is 2. The average Bonchev–Trinajstić information content (AvgIpc) is 2.37. The Morgan fingerprint density at radius 3 is 2.89 bits per heavy atom. The Kier molecular flexibility index (Phi) is 6.14. The number of amides is 1. The van der Waals surface area contributed by atoms with E-state index in [4.69, 9.17) is 9.84 Å². The van der Waals surface area contributed by atoms with Crippen molar-refractivity contribution in [1.29, 1.82) is 0 Å². The largest absolute Gasteiger partial charge is 0.472 e. The van der Waals surface area contributed by atoms with Crippen molar-refractivity contribution in [1.82, 2.24) is 10.3 Å². The molecule has 0 aliphatic carbocycles. The Bertz CT molecular complexity index is 416. The summed E-state index contributed by atoms with van der Waals surface area (Å²) in [5, 5.41) is 11.4. The minimum atomic E-state index is -2.59. The highest BCUT2D eigenvalue weighted by atomic mass is 19.3. The summed E-state index contributed by atoms with van der Waals surface area (Å²) in [6, 6.07) is 4.15. The molecule has 7 heteroatoms. The number of pyridine rings is 1. The zero-order chi connectivity index (χ0) is 14.3. The van der Waals surface area contributed by atoms with Gasteiger partial charge in [-0.15, -0.1) is 0 Å². The van der Waals surface area contributed by atoms with E-state index in [9.17, 15) is 13.6 Å². The SMILES string of the molecule is CC(CCO)NC(=O)c1cccc(OCC(F)F)n1. The van der Waals surface area contributed by atoms with Gasteiger partial charge in [-0.05, 0) is 19.4 Å². The molecule has 1 aromatic heterocycles. The minimum absolute atomic E-state index is 0.0252. The van der Waals surface area contributed by atoms with Crippen LogP contribution in [0.15, 0.2) is 18.2 Å². The average molecular weight is 274 g/mol. The van der Waals surface area contributed by atoms with Gasteiger partial charge in [-0.3, -0.25) is 4.79 Å². The van der Waals surface area contributed by atoms with Crippen molar-refractivity contribution in [3.05, 3.63) is 23.9 Å². The molecular weight excluding hydrogens is 258 g/mol. The zero-order valence-electron chi connectivity index (χ0n) is 10.5. The highest BCUT2D eigenvalue weighted by molar-refractivity contribution is 5.92. The summed E-state index contributed by atoms with van der Waals surface area (Å²) in [5.41, 5.74) is 0.0801. The smallest absolute Gasteiger partial charge is 0.272 e. The molecule has 2 N–H and O–H groups in total. The molecule has 1 rings (SSSR count). The number of aliphatic hydroxyl groups excluding tert-OH is 1. The summed E-state index contributed by atoms with van der Waals surface area (Å²) in [6.07, 6.45) is -2.17. The van der Waals surface area contributed by atoms with Crippen molar-refractivity contribution in [2.24, 2.45) is 0 Å². The molecule has 1 unspecified atom stereocenters. The lowest BCUT2D eigenvalue weighted by atomic mass is 10.2. The van der Waals surface area contributed by atoms with E-state index in [0.717, 1.165) is 0 Å². The van der Waals surface area contributed by atoms with Crippen molar-refractivity contribution in [2.75, 3.05) is 13.2 Å². The fraction of sp³-hybridized carbons (Fsp3) is 0.500.